The molecule has 0 bridgehead atoms. The number of carbonyl (C=O) groups is 2. The highest BCUT2D eigenvalue weighted by molar-refractivity contribution is 6.04. The van der Waals surface area contributed by atoms with Crippen molar-refractivity contribution in [3.63, 3.8) is 0 Å². The van der Waals surface area contributed by atoms with Gasteiger partial charge in [-0.05, 0) is 12.1 Å². The molecule has 0 radical (unpaired) electrons. The van der Waals surface area contributed by atoms with E-state index in [1.165, 1.54) is 7.11 Å². The number of rotatable bonds is 7. The van der Waals surface area contributed by atoms with Crippen molar-refractivity contribution < 1.29 is 24.2 Å². The summed E-state index contributed by atoms with van der Waals surface area (Å²) < 4.78 is 10.1. The van der Waals surface area contributed by atoms with Crippen molar-refractivity contribution in [1.29, 1.82) is 0 Å². The Morgan fingerprint density at radius 2 is 1.86 bits per heavy atom. The van der Waals surface area contributed by atoms with E-state index in [9.17, 15) is 9.59 Å². The molecule has 6 nitrogen and oxygen atoms in total. The van der Waals surface area contributed by atoms with Crippen molar-refractivity contribution in [3.05, 3.63) is 36.4 Å². The zero-order valence-corrected chi connectivity index (χ0v) is 12.2. The standard InChI is InChI=1S/C16H17NO5/c1-21-9-8-15(18)17-13-6-7-14(22-10-16(19)20)12-5-3-2-4-11(12)13/h2-7H,8-10H2,1H3,(H,17,18)(H,19,20). The average Bonchev–Trinajstić information content (AvgIpc) is 2.52. The molecule has 0 heterocycles. The molecule has 116 valence electrons. The molecule has 0 aliphatic carbocycles. The maximum absolute atomic E-state index is 11.8. The van der Waals surface area contributed by atoms with Crippen LogP contribution in [0.25, 0.3) is 10.8 Å². The molecule has 0 spiro atoms. The van der Waals surface area contributed by atoms with E-state index in [1.54, 1.807) is 12.1 Å². The molecule has 22 heavy (non-hydrogen) atoms. The van der Waals surface area contributed by atoms with Crippen LogP contribution in [0.3, 0.4) is 0 Å². The first kappa shape index (κ1) is 15.8. The summed E-state index contributed by atoms with van der Waals surface area (Å²) in [4.78, 5) is 22.4. The fourth-order valence-corrected chi connectivity index (χ4v) is 2.05. The van der Waals surface area contributed by atoms with E-state index in [0.717, 1.165) is 10.8 Å². The number of benzene rings is 2. The van der Waals surface area contributed by atoms with E-state index in [1.807, 2.05) is 24.3 Å². The van der Waals surface area contributed by atoms with E-state index in [4.69, 9.17) is 14.6 Å². The summed E-state index contributed by atoms with van der Waals surface area (Å²) in [6.45, 7) is -0.0624. The second-order valence-corrected chi connectivity index (χ2v) is 4.63. The molecule has 0 saturated heterocycles. The van der Waals surface area contributed by atoms with Gasteiger partial charge < -0.3 is 19.9 Å². The summed E-state index contributed by atoms with van der Waals surface area (Å²) in [7, 11) is 1.54. The third-order valence-corrected chi connectivity index (χ3v) is 3.04. The van der Waals surface area contributed by atoms with Crippen LogP contribution in [-0.2, 0) is 14.3 Å². The minimum atomic E-state index is -1.04. The Morgan fingerprint density at radius 3 is 2.55 bits per heavy atom. The van der Waals surface area contributed by atoms with Crippen molar-refractivity contribution >= 4 is 28.3 Å². The van der Waals surface area contributed by atoms with Gasteiger partial charge in [0.15, 0.2) is 6.61 Å². The van der Waals surface area contributed by atoms with Crippen LogP contribution < -0.4 is 10.1 Å². The quantitative estimate of drug-likeness (QED) is 0.819. The van der Waals surface area contributed by atoms with Crippen LogP contribution in [0.4, 0.5) is 5.69 Å². The minimum absolute atomic E-state index is 0.147. The van der Waals surface area contributed by atoms with E-state index >= 15 is 0 Å². The molecule has 2 N–H and O–H groups in total. The smallest absolute Gasteiger partial charge is 0.341 e. The fourth-order valence-electron chi connectivity index (χ4n) is 2.05. The number of carbonyl (C=O) groups excluding carboxylic acids is 1. The van der Waals surface area contributed by atoms with E-state index in [-0.39, 0.29) is 12.3 Å². The number of fused-ring (bicyclic) bond motifs is 1. The fraction of sp³-hybridized carbons (Fsp3) is 0.250. The van der Waals surface area contributed by atoms with Gasteiger partial charge in [0.2, 0.25) is 5.91 Å². The van der Waals surface area contributed by atoms with Crippen molar-refractivity contribution in [2.75, 3.05) is 25.6 Å². The summed E-state index contributed by atoms with van der Waals surface area (Å²) in [6.07, 6.45) is 0.266. The average molecular weight is 303 g/mol. The maximum Gasteiger partial charge on any atom is 0.341 e. The highest BCUT2D eigenvalue weighted by Crippen LogP contribution is 2.31. The monoisotopic (exact) mass is 303 g/mol. The van der Waals surface area contributed by atoms with Crippen molar-refractivity contribution in [1.82, 2.24) is 0 Å². The number of hydrogen-bond donors (Lipinski definition) is 2. The minimum Gasteiger partial charge on any atom is -0.481 e. The van der Waals surface area contributed by atoms with Gasteiger partial charge in [-0.3, -0.25) is 4.79 Å². The van der Waals surface area contributed by atoms with Crippen LogP contribution in [0, 0.1) is 0 Å². The molecule has 2 aromatic rings. The lowest BCUT2D eigenvalue weighted by Crippen LogP contribution is -2.14. The molecular weight excluding hydrogens is 286 g/mol. The molecule has 0 aliphatic heterocycles. The molecule has 0 atom stereocenters. The van der Waals surface area contributed by atoms with Crippen molar-refractivity contribution in [2.45, 2.75) is 6.42 Å². The summed E-state index contributed by atoms with van der Waals surface area (Å²) >= 11 is 0. The molecule has 0 saturated carbocycles. The summed E-state index contributed by atoms with van der Waals surface area (Å²) in [5.41, 5.74) is 0.652. The van der Waals surface area contributed by atoms with Crippen LogP contribution in [0.1, 0.15) is 6.42 Å². The maximum atomic E-state index is 11.8. The molecule has 0 unspecified atom stereocenters. The molecule has 6 heteroatoms. The molecule has 0 aromatic heterocycles. The first-order valence-corrected chi connectivity index (χ1v) is 6.77. The van der Waals surface area contributed by atoms with E-state index in [2.05, 4.69) is 5.32 Å². The highest BCUT2D eigenvalue weighted by Gasteiger charge is 2.10. The third kappa shape index (κ3) is 3.95. The molecular formula is C16H17NO5. The number of amides is 1. The van der Waals surface area contributed by atoms with Gasteiger partial charge in [-0.25, -0.2) is 4.79 Å². The van der Waals surface area contributed by atoms with Gasteiger partial charge in [0, 0.05) is 23.6 Å². The van der Waals surface area contributed by atoms with Gasteiger partial charge >= 0.3 is 5.97 Å². The van der Waals surface area contributed by atoms with Gasteiger partial charge in [0.25, 0.3) is 0 Å². The van der Waals surface area contributed by atoms with Crippen LogP contribution >= 0.6 is 0 Å². The zero-order chi connectivity index (χ0) is 15.9. The number of nitrogens with one attached hydrogen (secondary N) is 1. The lowest BCUT2D eigenvalue weighted by Gasteiger charge is -2.12. The number of hydrogen-bond acceptors (Lipinski definition) is 4. The highest BCUT2D eigenvalue weighted by atomic mass is 16.5. The van der Waals surface area contributed by atoms with Gasteiger partial charge in [-0.15, -0.1) is 0 Å². The van der Waals surface area contributed by atoms with Crippen LogP contribution in [0.2, 0.25) is 0 Å². The normalized spacial score (nSPS) is 10.4. The Kier molecular flexibility index (Phi) is 5.32. The Bertz CT molecular complexity index is 683. The van der Waals surface area contributed by atoms with Crippen molar-refractivity contribution in [3.8, 4) is 5.75 Å². The van der Waals surface area contributed by atoms with Crippen LogP contribution in [0.5, 0.6) is 5.75 Å². The van der Waals surface area contributed by atoms with Crippen LogP contribution in [-0.4, -0.2) is 37.3 Å². The predicted octanol–water partition coefficient (Wildman–Crippen LogP) is 2.28. The van der Waals surface area contributed by atoms with E-state index in [0.29, 0.717) is 18.0 Å². The SMILES string of the molecule is COCCC(=O)Nc1ccc(OCC(=O)O)c2ccccc12. The Balaban J connectivity index is 2.27. The lowest BCUT2D eigenvalue weighted by atomic mass is 10.1. The summed E-state index contributed by atoms with van der Waals surface area (Å²) in [5.74, 6) is -0.722. The van der Waals surface area contributed by atoms with Gasteiger partial charge in [-0.1, -0.05) is 24.3 Å². The number of carboxylic acid groups (broad SMARTS) is 1. The van der Waals surface area contributed by atoms with E-state index < -0.39 is 12.6 Å². The largest absolute Gasteiger partial charge is 0.481 e. The van der Waals surface area contributed by atoms with Crippen LogP contribution in [0.15, 0.2) is 36.4 Å². The van der Waals surface area contributed by atoms with Gasteiger partial charge in [0.05, 0.1) is 13.0 Å². The second-order valence-electron chi connectivity index (χ2n) is 4.63. The first-order valence-electron chi connectivity index (χ1n) is 6.77. The third-order valence-electron chi connectivity index (χ3n) is 3.04. The number of ether oxygens (including phenoxy) is 2. The molecule has 1 amide bonds. The predicted molar refractivity (Wildman–Crippen MR) is 82.2 cm³/mol. The summed E-state index contributed by atoms with van der Waals surface area (Å²) in [6, 6.07) is 10.7. The number of anilines is 1. The molecule has 2 aromatic carbocycles. The number of aliphatic carboxylic acids is 1. The Morgan fingerprint density at radius 1 is 1.14 bits per heavy atom. The Labute approximate surface area is 127 Å². The molecule has 0 fully saturated rings. The van der Waals surface area contributed by atoms with Gasteiger partial charge in [-0.2, -0.15) is 0 Å². The second kappa shape index (κ2) is 7.42. The number of methoxy groups -OCH3 is 1. The lowest BCUT2D eigenvalue weighted by molar-refractivity contribution is -0.139. The van der Waals surface area contributed by atoms with Gasteiger partial charge in [0.1, 0.15) is 5.75 Å². The topological polar surface area (TPSA) is 84.9 Å². The molecule has 2 rings (SSSR count). The first-order chi connectivity index (χ1) is 10.6. The van der Waals surface area contributed by atoms with Crippen molar-refractivity contribution in [2.24, 2.45) is 0 Å². The number of carboxylic acids is 1. The Hall–Kier alpha value is -2.60. The summed E-state index contributed by atoms with van der Waals surface area (Å²) in [5, 5.41) is 13.1. The molecule has 0 aliphatic rings. The zero-order valence-electron chi connectivity index (χ0n) is 12.2.